The van der Waals surface area contributed by atoms with Gasteiger partial charge in [0.05, 0.1) is 18.0 Å². The number of urea groups is 1. The zero-order valence-corrected chi connectivity index (χ0v) is 12.2. The van der Waals surface area contributed by atoms with Crippen LogP contribution in [0, 0.1) is 11.8 Å². The molecule has 1 aromatic heterocycles. The van der Waals surface area contributed by atoms with Gasteiger partial charge in [0.2, 0.25) is 0 Å². The molecule has 3 N–H and O–H groups in total. The molecule has 0 atom stereocenters. The molecule has 2 amide bonds. The number of hydrogen-bond donors (Lipinski definition) is 3. The molecular formula is C16H16N2O2S. The van der Waals surface area contributed by atoms with Crippen molar-refractivity contribution in [1.29, 1.82) is 0 Å². The predicted molar refractivity (Wildman–Crippen MR) is 85.2 cm³/mol. The van der Waals surface area contributed by atoms with Crippen LogP contribution in [0.1, 0.15) is 16.2 Å². The minimum Gasteiger partial charge on any atom is -0.395 e. The first kappa shape index (κ1) is 15.1. The van der Waals surface area contributed by atoms with E-state index in [0.717, 1.165) is 15.4 Å². The summed E-state index contributed by atoms with van der Waals surface area (Å²) in [5.41, 5.74) is 0.761. The second kappa shape index (κ2) is 8.10. The number of aliphatic hydroxyl groups excluding tert-OH is 1. The molecule has 0 saturated carbocycles. The van der Waals surface area contributed by atoms with E-state index in [-0.39, 0.29) is 12.6 Å². The molecule has 0 radical (unpaired) electrons. The van der Waals surface area contributed by atoms with Crippen LogP contribution in [-0.2, 0) is 6.54 Å². The number of benzene rings is 1. The molecule has 0 bridgehead atoms. The van der Waals surface area contributed by atoms with Gasteiger partial charge in [0, 0.05) is 17.0 Å². The quantitative estimate of drug-likeness (QED) is 0.760. The normalized spacial score (nSPS) is 9.57. The van der Waals surface area contributed by atoms with Crippen LogP contribution < -0.4 is 10.6 Å². The third kappa shape index (κ3) is 5.30. The molecule has 0 spiro atoms. The number of para-hydroxylation sites is 1. The van der Waals surface area contributed by atoms with E-state index < -0.39 is 0 Å². The molecule has 2 rings (SSSR count). The van der Waals surface area contributed by atoms with Crippen LogP contribution in [0.25, 0.3) is 0 Å². The van der Waals surface area contributed by atoms with Crippen LogP contribution >= 0.6 is 11.3 Å². The average molecular weight is 300 g/mol. The minimum atomic E-state index is -0.234. The van der Waals surface area contributed by atoms with Crippen molar-refractivity contribution in [2.75, 3.05) is 11.9 Å². The van der Waals surface area contributed by atoms with Crippen molar-refractivity contribution in [1.82, 2.24) is 5.32 Å². The third-order valence-electron chi connectivity index (χ3n) is 2.56. The summed E-state index contributed by atoms with van der Waals surface area (Å²) in [7, 11) is 0. The summed E-state index contributed by atoms with van der Waals surface area (Å²) < 4.78 is 0. The Kier molecular flexibility index (Phi) is 5.83. The molecular weight excluding hydrogens is 284 g/mol. The molecule has 21 heavy (non-hydrogen) atoms. The fourth-order valence-electron chi connectivity index (χ4n) is 1.61. The smallest absolute Gasteiger partial charge is 0.319 e. The van der Waals surface area contributed by atoms with E-state index >= 15 is 0 Å². The van der Waals surface area contributed by atoms with Crippen molar-refractivity contribution in [2.45, 2.75) is 13.0 Å². The number of amides is 2. The lowest BCUT2D eigenvalue weighted by Crippen LogP contribution is -2.27. The van der Waals surface area contributed by atoms with Crippen LogP contribution in [0.5, 0.6) is 0 Å². The van der Waals surface area contributed by atoms with Crippen LogP contribution in [0.15, 0.2) is 42.5 Å². The SMILES string of the molecule is O=C(NCc1ccc(C#CCCO)s1)Nc1ccccc1. The summed E-state index contributed by atoms with van der Waals surface area (Å²) in [6.45, 7) is 0.539. The third-order valence-corrected chi connectivity index (χ3v) is 3.57. The van der Waals surface area contributed by atoms with Crippen LogP contribution in [0.3, 0.4) is 0 Å². The lowest BCUT2D eigenvalue weighted by Gasteiger charge is -2.06. The van der Waals surface area contributed by atoms with Crippen molar-refractivity contribution in [2.24, 2.45) is 0 Å². The maximum atomic E-state index is 11.7. The molecule has 0 fully saturated rings. The standard InChI is InChI=1S/C16H16N2O2S/c19-11-5-4-8-14-9-10-15(21-14)12-17-16(20)18-13-6-2-1-3-7-13/h1-3,6-7,9-10,19H,5,11-12H2,(H2,17,18,20). The molecule has 0 aliphatic carbocycles. The summed E-state index contributed by atoms with van der Waals surface area (Å²) >= 11 is 1.53. The van der Waals surface area contributed by atoms with Gasteiger partial charge in [-0.05, 0) is 24.3 Å². The number of aliphatic hydroxyl groups is 1. The molecule has 5 heteroatoms. The zero-order valence-electron chi connectivity index (χ0n) is 11.4. The summed E-state index contributed by atoms with van der Waals surface area (Å²) in [6.07, 6.45) is 0.477. The van der Waals surface area contributed by atoms with Crippen molar-refractivity contribution in [3.05, 3.63) is 52.2 Å². The maximum Gasteiger partial charge on any atom is 0.319 e. The molecule has 0 aliphatic heterocycles. The second-order valence-corrected chi connectivity index (χ2v) is 5.38. The van der Waals surface area contributed by atoms with E-state index in [2.05, 4.69) is 22.5 Å². The Morgan fingerprint density at radius 2 is 2.00 bits per heavy atom. The van der Waals surface area contributed by atoms with Crippen molar-refractivity contribution < 1.29 is 9.90 Å². The first-order valence-corrected chi connectivity index (χ1v) is 7.38. The number of hydrogen-bond acceptors (Lipinski definition) is 3. The average Bonchev–Trinajstić information content (AvgIpc) is 2.94. The van der Waals surface area contributed by atoms with Gasteiger partial charge in [-0.2, -0.15) is 0 Å². The van der Waals surface area contributed by atoms with E-state index in [1.807, 2.05) is 42.5 Å². The molecule has 0 unspecified atom stereocenters. The van der Waals surface area contributed by atoms with E-state index in [1.54, 1.807) is 0 Å². The largest absolute Gasteiger partial charge is 0.395 e. The lowest BCUT2D eigenvalue weighted by atomic mass is 10.3. The predicted octanol–water partition coefficient (Wildman–Crippen LogP) is 2.80. The Balaban J connectivity index is 1.81. The zero-order chi connectivity index (χ0) is 14.9. The van der Waals surface area contributed by atoms with Crippen LogP contribution in [0.4, 0.5) is 10.5 Å². The topological polar surface area (TPSA) is 61.4 Å². The number of nitrogens with one attached hydrogen (secondary N) is 2. The number of rotatable bonds is 4. The number of carbonyl (C=O) groups is 1. The first-order valence-electron chi connectivity index (χ1n) is 6.56. The molecule has 1 heterocycles. The molecule has 2 aromatic rings. The summed E-state index contributed by atoms with van der Waals surface area (Å²) in [5.74, 6) is 5.85. The van der Waals surface area contributed by atoms with Gasteiger partial charge in [-0.1, -0.05) is 30.0 Å². The van der Waals surface area contributed by atoms with Crippen molar-refractivity contribution in [3.63, 3.8) is 0 Å². The van der Waals surface area contributed by atoms with Crippen molar-refractivity contribution >= 4 is 23.1 Å². The van der Waals surface area contributed by atoms with Crippen molar-refractivity contribution in [3.8, 4) is 11.8 Å². The Morgan fingerprint density at radius 3 is 2.76 bits per heavy atom. The van der Waals surface area contributed by atoms with Gasteiger partial charge in [0.1, 0.15) is 0 Å². The molecule has 0 aliphatic rings. The fourth-order valence-corrected chi connectivity index (χ4v) is 2.43. The number of anilines is 1. The van der Waals surface area contributed by atoms with Gasteiger partial charge < -0.3 is 15.7 Å². The molecule has 4 nitrogen and oxygen atoms in total. The van der Waals surface area contributed by atoms with E-state index in [0.29, 0.717) is 13.0 Å². The second-order valence-electron chi connectivity index (χ2n) is 4.22. The summed E-state index contributed by atoms with van der Waals surface area (Å²) in [6, 6.07) is 12.9. The molecule has 108 valence electrons. The Hall–Kier alpha value is -2.29. The van der Waals surface area contributed by atoms with Crippen LogP contribution in [0.2, 0.25) is 0 Å². The number of carbonyl (C=O) groups excluding carboxylic acids is 1. The fraction of sp³-hybridized carbons (Fsp3) is 0.188. The Labute approximate surface area is 127 Å². The van der Waals surface area contributed by atoms with Gasteiger partial charge in [-0.3, -0.25) is 0 Å². The lowest BCUT2D eigenvalue weighted by molar-refractivity contribution is 0.252. The van der Waals surface area contributed by atoms with E-state index in [9.17, 15) is 4.79 Å². The minimum absolute atomic E-state index is 0.0758. The molecule has 0 saturated heterocycles. The Bertz CT molecular complexity index is 641. The first-order chi connectivity index (χ1) is 10.3. The van der Waals surface area contributed by atoms with Gasteiger partial charge in [0.15, 0.2) is 0 Å². The highest BCUT2D eigenvalue weighted by atomic mass is 32.1. The highest BCUT2D eigenvalue weighted by Gasteiger charge is 2.03. The summed E-state index contributed by atoms with van der Waals surface area (Å²) in [4.78, 5) is 13.7. The van der Waals surface area contributed by atoms with Crippen LogP contribution in [-0.4, -0.2) is 17.7 Å². The van der Waals surface area contributed by atoms with Gasteiger partial charge >= 0.3 is 6.03 Å². The highest BCUT2D eigenvalue weighted by molar-refractivity contribution is 7.12. The highest BCUT2D eigenvalue weighted by Crippen LogP contribution is 2.15. The Morgan fingerprint density at radius 1 is 1.19 bits per heavy atom. The maximum absolute atomic E-state index is 11.7. The van der Waals surface area contributed by atoms with E-state index in [4.69, 9.17) is 5.11 Å². The summed E-state index contributed by atoms with van der Waals surface area (Å²) in [5, 5.41) is 14.2. The van der Waals surface area contributed by atoms with Gasteiger partial charge in [-0.15, -0.1) is 11.3 Å². The van der Waals surface area contributed by atoms with Gasteiger partial charge in [0.25, 0.3) is 0 Å². The number of thiophene rings is 1. The molecule has 1 aromatic carbocycles. The van der Waals surface area contributed by atoms with Gasteiger partial charge in [-0.25, -0.2) is 4.79 Å². The monoisotopic (exact) mass is 300 g/mol. The van der Waals surface area contributed by atoms with E-state index in [1.165, 1.54) is 11.3 Å².